The van der Waals surface area contributed by atoms with Gasteiger partial charge >= 0.3 is 5.97 Å². The molecule has 0 radical (unpaired) electrons. The van der Waals surface area contributed by atoms with Crippen LogP contribution in [0.25, 0.3) is 0 Å². The molecule has 0 aliphatic heterocycles. The minimum absolute atomic E-state index is 0.0661. The van der Waals surface area contributed by atoms with E-state index in [4.69, 9.17) is 4.74 Å². The van der Waals surface area contributed by atoms with Gasteiger partial charge in [0.1, 0.15) is 6.61 Å². The van der Waals surface area contributed by atoms with Gasteiger partial charge in [0.05, 0.1) is 5.92 Å². The fraction of sp³-hybridized carbons (Fsp3) is 0.650. The van der Waals surface area contributed by atoms with E-state index < -0.39 is 0 Å². The van der Waals surface area contributed by atoms with E-state index in [1.54, 1.807) is 0 Å². The van der Waals surface area contributed by atoms with E-state index >= 15 is 0 Å². The van der Waals surface area contributed by atoms with Gasteiger partial charge in [-0.3, -0.25) is 4.79 Å². The van der Waals surface area contributed by atoms with Crippen molar-refractivity contribution in [3.05, 3.63) is 35.9 Å². The van der Waals surface area contributed by atoms with Gasteiger partial charge in [-0.25, -0.2) is 0 Å². The second-order valence-corrected chi connectivity index (χ2v) is 6.04. The highest BCUT2D eigenvalue weighted by Crippen LogP contribution is 2.31. The Morgan fingerprint density at radius 3 is 2.26 bits per heavy atom. The fourth-order valence-corrected chi connectivity index (χ4v) is 3.14. The first-order valence-corrected chi connectivity index (χ1v) is 9.11. The summed E-state index contributed by atoms with van der Waals surface area (Å²) in [6.45, 7) is 11.9. The van der Waals surface area contributed by atoms with Gasteiger partial charge in [0.15, 0.2) is 0 Å². The van der Waals surface area contributed by atoms with Crippen molar-refractivity contribution in [1.29, 1.82) is 0 Å². The molecule has 0 amide bonds. The lowest BCUT2D eigenvalue weighted by atomic mass is 9.81. The topological polar surface area (TPSA) is 29.5 Å². The van der Waals surface area contributed by atoms with Gasteiger partial charge in [-0.05, 0) is 31.0 Å². The van der Waals surface area contributed by atoms with Crippen LogP contribution in [0.15, 0.2) is 30.3 Å². The van der Waals surface area contributed by atoms with Gasteiger partial charge in [-0.15, -0.1) is 0 Å². The van der Waals surface area contributed by atoms with Gasteiger partial charge in [-0.2, -0.15) is 0 Å². The molecule has 23 heavy (non-hydrogen) atoms. The van der Waals surface area contributed by atoms with Crippen molar-refractivity contribution in [2.45, 2.75) is 52.9 Å². The molecule has 1 rings (SSSR count). The molecule has 0 spiro atoms. The molecule has 0 saturated carbocycles. The molecule has 3 heteroatoms. The lowest BCUT2D eigenvalue weighted by molar-refractivity contribution is -0.147. The average Bonchev–Trinajstić information content (AvgIpc) is 2.59. The van der Waals surface area contributed by atoms with Crippen LogP contribution in [0, 0.1) is 5.92 Å². The SMILES string of the molecule is CCCC(CC)C(C(=O)OCCN(CC)CC)c1ccccc1. The van der Waals surface area contributed by atoms with Crippen LogP contribution in [0.5, 0.6) is 0 Å². The van der Waals surface area contributed by atoms with Gasteiger partial charge in [0, 0.05) is 6.54 Å². The largest absolute Gasteiger partial charge is 0.464 e. The number of likely N-dealkylation sites (N-methyl/N-ethyl adjacent to an activating group) is 1. The number of rotatable bonds is 11. The van der Waals surface area contributed by atoms with Crippen LogP contribution in [0.2, 0.25) is 0 Å². The summed E-state index contributed by atoms with van der Waals surface area (Å²) in [5.74, 6) is 0.143. The molecule has 2 atom stereocenters. The molecule has 0 aliphatic carbocycles. The molecule has 2 unspecified atom stereocenters. The quantitative estimate of drug-likeness (QED) is 0.563. The highest BCUT2D eigenvalue weighted by atomic mass is 16.5. The lowest BCUT2D eigenvalue weighted by Gasteiger charge is -2.25. The smallest absolute Gasteiger partial charge is 0.313 e. The maximum Gasteiger partial charge on any atom is 0.313 e. The standard InChI is InChI=1S/C20H33NO2/c1-5-12-17(6-2)19(18-13-10-9-11-14-18)20(22)23-16-15-21(7-3)8-4/h9-11,13-14,17,19H,5-8,12,15-16H2,1-4H3. The lowest BCUT2D eigenvalue weighted by Crippen LogP contribution is -2.30. The number of ether oxygens (including phenoxy) is 1. The molecular weight excluding hydrogens is 286 g/mol. The molecule has 130 valence electrons. The second kappa shape index (κ2) is 11.2. The zero-order valence-electron chi connectivity index (χ0n) is 15.3. The summed E-state index contributed by atoms with van der Waals surface area (Å²) in [6.07, 6.45) is 3.15. The first-order chi connectivity index (χ1) is 11.2. The molecule has 1 aromatic rings. The molecule has 0 saturated heterocycles. The zero-order valence-corrected chi connectivity index (χ0v) is 15.3. The molecule has 0 fully saturated rings. The van der Waals surface area contributed by atoms with E-state index in [0.29, 0.717) is 12.5 Å². The molecule has 0 heterocycles. The molecule has 1 aromatic carbocycles. The number of esters is 1. The predicted octanol–water partition coefficient (Wildman–Crippen LogP) is 4.48. The summed E-state index contributed by atoms with van der Waals surface area (Å²) in [7, 11) is 0. The minimum atomic E-state index is -0.141. The summed E-state index contributed by atoms with van der Waals surface area (Å²) in [6, 6.07) is 10.1. The maximum atomic E-state index is 12.7. The Bertz CT molecular complexity index is 429. The third-order valence-electron chi connectivity index (χ3n) is 4.61. The highest BCUT2D eigenvalue weighted by Gasteiger charge is 2.29. The van der Waals surface area contributed by atoms with E-state index in [1.807, 2.05) is 18.2 Å². The van der Waals surface area contributed by atoms with Gasteiger partial charge in [-0.1, -0.05) is 70.9 Å². The van der Waals surface area contributed by atoms with E-state index in [-0.39, 0.29) is 11.9 Å². The van der Waals surface area contributed by atoms with E-state index in [9.17, 15) is 4.79 Å². The first-order valence-electron chi connectivity index (χ1n) is 9.11. The van der Waals surface area contributed by atoms with Crippen LogP contribution in [0.4, 0.5) is 0 Å². The molecular formula is C20H33NO2. The van der Waals surface area contributed by atoms with Crippen molar-refractivity contribution in [2.24, 2.45) is 5.92 Å². The number of benzene rings is 1. The van der Waals surface area contributed by atoms with E-state index in [0.717, 1.165) is 44.5 Å². The number of hydrogen-bond acceptors (Lipinski definition) is 3. The monoisotopic (exact) mass is 319 g/mol. The Labute approximate surface area is 142 Å². The maximum absolute atomic E-state index is 12.7. The van der Waals surface area contributed by atoms with Crippen molar-refractivity contribution in [3.63, 3.8) is 0 Å². The minimum Gasteiger partial charge on any atom is -0.464 e. The van der Waals surface area contributed by atoms with E-state index in [1.165, 1.54) is 0 Å². The summed E-state index contributed by atoms with van der Waals surface area (Å²) >= 11 is 0. The number of carbonyl (C=O) groups is 1. The van der Waals surface area contributed by atoms with Crippen LogP contribution < -0.4 is 0 Å². The van der Waals surface area contributed by atoms with Gasteiger partial charge < -0.3 is 9.64 Å². The Hall–Kier alpha value is -1.35. The van der Waals surface area contributed by atoms with Crippen molar-refractivity contribution in [1.82, 2.24) is 4.90 Å². The summed E-state index contributed by atoms with van der Waals surface area (Å²) in [5, 5.41) is 0. The molecule has 3 nitrogen and oxygen atoms in total. The zero-order chi connectivity index (χ0) is 17.1. The molecule has 0 aliphatic rings. The van der Waals surface area contributed by atoms with Crippen LogP contribution in [0.3, 0.4) is 0 Å². The second-order valence-electron chi connectivity index (χ2n) is 6.04. The van der Waals surface area contributed by atoms with Gasteiger partial charge in [0.25, 0.3) is 0 Å². The molecule has 0 bridgehead atoms. The number of carbonyl (C=O) groups excluding carboxylic acids is 1. The molecule has 0 aromatic heterocycles. The first kappa shape index (κ1) is 19.7. The number of nitrogens with zero attached hydrogens (tertiary/aromatic N) is 1. The van der Waals surface area contributed by atoms with E-state index in [2.05, 4.69) is 44.7 Å². The normalized spacial score (nSPS) is 13.8. The van der Waals surface area contributed by atoms with Crippen molar-refractivity contribution < 1.29 is 9.53 Å². The summed E-state index contributed by atoms with van der Waals surface area (Å²) < 4.78 is 5.64. The third-order valence-corrected chi connectivity index (χ3v) is 4.61. The predicted molar refractivity (Wildman–Crippen MR) is 96.6 cm³/mol. The van der Waals surface area contributed by atoms with Gasteiger partial charge in [0.2, 0.25) is 0 Å². The summed E-state index contributed by atoms with van der Waals surface area (Å²) in [5.41, 5.74) is 1.08. The van der Waals surface area contributed by atoms with Crippen molar-refractivity contribution in [2.75, 3.05) is 26.2 Å². The Balaban J connectivity index is 2.77. The fourth-order valence-electron chi connectivity index (χ4n) is 3.14. The average molecular weight is 319 g/mol. The van der Waals surface area contributed by atoms with Crippen LogP contribution >= 0.6 is 0 Å². The van der Waals surface area contributed by atoms with Crippen LogP contribution in [0.1, 0.15) is 58.4 Å². The third kappa shape index (κ3) is 6.34. The summed E-state index contributed by atoms with van der Waals surface area (Å²) in [4.78, 5) is 15.0. The highest BCUT2D eigenvalue weighted by molar-refractivity contribution is 5.78. The van der Waals surface area contributed by atoms with Crippen molar-refractivity contribution in [3.8, 4) is 0 Å². The Morgan fingerprint density at radius 1 is 1.09 bits per heavy atom. The van der Waals surface area contributed by atoms with Crippen LogP contribution in [-0.4, -0.2) is 37.1 Å². The van der Waals surface area contributed by atoms with Crippen LogP contribution in [-0.2, 0) is 9.53 Å². The Kier molecular flexibility index (Phi) is 9.61. The number of hydrogen-bond donors (Lipinski definition) is 0. The molecule has 0 N–H and O–H groups in total. The van der Waals surface area contributed by atoms with Crippen molar-refractivity contribution >= 4 is 5.97 Å². The Morgan fingerprint density at radius 2 is 1.74 bits per heavy atom.